The third-order valence-corrected chi connectivity index (χ3v) is 5.97. The van der Waals surface area contributed by atoms with Crippen molar-refractivity contribution in [2.75, 3.05) is 6.54 Å². The molecule has 1 aromatic carbocycles. The highest BCUT2D eigenvalue weighted by Crippen LogP contribution is 2.28. The monoisotopic (exact) mass is 385 g/mol. The Morgan fingerprint density at radius 2 is 1.82 bits per heavy atom. The molecule has 1 saturated carbocycles. The second kappa shape index (κ2) is 9.19. The lowest BCUT2D eigenvalue weighted by molar-refractivity contribution is -0.148. The van der Waals surface area contributed by atoms with Crippen molar-refractivity contribution in [3.8, 4) is 0 Å². The van der Waals surface area contributed by atoms with Gasteiger partial charge in [0.25, 0.3) is 0 Å². The van der Waals surface area contributed by atoms with Gasteiger partial charge in [-0.1, -0.05) is 56.4 Å². The fourth-order valence-corrected chi connectivity index (χ4v) is 4.13. The van der Waals surface area contributed by atoms with Crippen LogP contribution in [0.3, 0.4) is 0 Å². The molecule has 0 aromatic heterocycles. The van der Waals surface area contributed by atoms with Gasteiger partial charge in [-0.25, -0.2) is 0 Å². The molecule has 1 aliphatic carbocycles. The average molecular weight is 386 g/mol. The van der Waals surface area contributed by atoms with E-state index in [1.54, 1.807) is 17.0 Å². The number of amidine groups is 1. The highest BCUT2D eigenvalue weighted by atomic mass is 16.2. The summed E-state index contributed by atoms with van der Waals surface area (Å²) < 4.78 is 0. The van der Waals surface area contributed by atoms with E-state index in [0.29, 0.717) is 31.0 Å². The Morgan fingerprint density at radius 1 is 1.14 bits per heavy atom. The molecule has 2 amide bonds. The molecule has 2 fully saturated rings. The molecular formula is C21H31N5O2. The van der Waals surface area contributed by atoms with Crippen LogP contribution in [0.5, 0.6) is 0 Å². The largest absolute Gasteiger partial charge is 0.384 e. The van der Waals surface area contributed by atoms with Crippen LogP contribution < -0.4 is 16.8 Å². The molecule has 7 nitrogen and oxygen atoms in total. The summed E-state index contributed by atoms with van der Waals surface area (Å²) >= 11 is 0. The first-order valence-electron chi connectivity index (χ1n) is 10.2. The smallest absolute Gasteiger partial charge is 0.243 e. The molecule has 0 radical (unpaired) electrons. The summed E-state index contributed by atoms with van der Waals surface area (Å²) in [5.41, 5.74) is 13.2. The molecule has 2 aliphatic rings. The Kier molecular flexibility index (Phi) is 6.67. The van der Waals surface area contributed by atoms with Gasteiger partial charge in [0.05, 0.1) is 6.04 Å². The van der Waals surface area contributed by atoms with E-state index < -0.39 is 12.1 Å². The quantitative estimate of drug-likeness (QED) is 0.419. The number of nitrogen functional groups attached to an aromatic ring is 1. The third kappa shape index (κ3) is 4.90. The van der Waals surface area contributed by atoms with Crippen LogP contribution >= 0.6 is 0 Å². The minimum atomic E-state index is -0.502. The molecule has 2 atom stereocenters. The van der Waals surface area contributed by atoms with Crippen LogP contribution in [-0.4, -0.2) is 41.2 Å². The maximum atomic E-state index is 12.7. The lowest BCUT2D eigenvalue weighted by atomic mass is 9.84. The van der Waals surface area contributed by atoms with Crippen LogP contribution in [0, 0.1) is 11.3 Å². The van der Waals surface area contributed by atoms with Crippen molar-refractivity contribution < 1.29 is 9.59 Å². The van der Waals surface area contributed by atoms with Crippen LogP contribution in [0.15, 0.2) is 24.3 Å². The predicted octanol–water partition coefficient (Wildman–Crippen LogP) is 1.49. The Labute approximate surface area is 166 Å². The zero-order valence-electron chi connectivity index (χ0n) is 16.3. The molecule has 0 unspecified atom stereocenters. The molecule has 1 aromatic rings. The Morgan fingerprint density at radius 3 is 2.39 bits per heavy atom. The summed E-state index contributed by atoms with van der Waals surface area (Å²) in [5, 5.41) is 10.3. The van der Waals surface area contributed by atoms with E-state index in [9.17, 15) is 9.59 Å². The average Bonchev–Trinajstić information content (AvgIpc) is 2.66. The maximum absolute atomic E-state index is 12.7. The van der Waals surface area contributed by atoms with Gasteiger partial charge in [-0.15, -0.1) is 0 Å². The van der Waals surface area contributed by atoms with Gasteiger partial charge in [0.2, 0.25) is 11.8 Å². The number of hydrogen-bond donors (Lipinski definition) is 4. The third-order valence-electron chi connectivity index (χ3n) is 5.97. The number of rotatable bonds is 7. The first-order chi connectivity index (χ1) is 13.5. The fraction of sp³-hybridized carbons (Fsp3) is 0.571. The van der Waals surface area contributed by atoms with Gasteiger partial charge < -0.3 is 21.7 Å². The second-order valence-electron chi connectivity index (χ2n) is 8.01. The number of likely N-dealkylation sites (tertiary alicyclic amines) is 1. The van der Waals surface area contributed by atoms with Crippen LogP contribution in [0.2, 0.25) is 0 Å². The van der Waals surface area contributed by atoms with Crippen molar-refractivity contribution in [3.05, 3.63) is 35.4 Å². The van der Waals surface area contributed by atoms with Gasteiger partial charge in [0.1, 0.15) is 11.9 Å². The molecule has 6 N–H and O–H groups in total. The normalized spacial score (nSPS) is 20.9. The van der Waals surface area contributed by atoms with E-state index in [1.807, 2.05) is 12.1 Å². The van der Waals surface area contributed by atoms with Crippen molar-refractivity contribution >= 4 is 17.6 Å². The Hall–Kier alpha value is -2.41. The molecule has 1 heterocycles. The summed E-state index contributed by atoms with van der Waals surface area (Å²) in [7, 11) is 0. The Balaban J connectivity index is 1.47. The summed E-state index contributed by atoms with van der Waals surface area (Å²) in [6.07, 6.45) is 7.47. The van der Waals surface area contributed by atoms with Crippen molar-refractivity contribution in [1.82, 2.24) is 10.2 Å². The lowest BCUT2D eigenvalue weighted by Crippen LogP contribution is -2.61. The molecule has 28 heavy (non-hydrogen) atoms. The van der Waals surface area contributed by atoms with Crippen LogP contribution in [-0.2, 0) is 16.1 Å². The van der Waals surface area contributed by atoms with Gasteiger partial charge in [0, 0.05) is 18.7 Å². The van der Waals surface area contributed by atoms with E-state index in [4.69, 9.17) is 16.9 Å². The van der Waals surface area contributed by atoms with Crippen LogP contribution in [0.25, 0.3) is 0 Å². The van der Waals surface area contributed by atoms with E-state index in [-0.39, 0.29) is 17.6 Å². The number of benzene rings is 1. The summed E-state index contributed by atoms with van der Waals surface area (Å²) in [6, 6.07) is 6.27. The van der Waals surface area contributed by atoms with Crippen molar-refractivity contribution in [1.29, 1.82) is 5.41 Å². The predicted molar refractivity (Wildman–Crippen MR) is 109 cm³/mol. The zero-order chi connectivity index (χ0) is 20.1. The molecule has 0 bridgehead atoms. The molecule has 1 aliphatic heterocycles. The van der Waals surface area contributed by atoms with E-state index in [2.05, 4.69) is 5.32 Å². The molecule has 0 spiro atoms. The van der Waals surface area contributed by atoms with Gasteiger partial charge in [-0.3, -0.25) is 15.0 Å². The number of hydrogen-bond acceptors (Lipinski definition) is 4. The van der Waals surface area contributed by atoms with Crippen molar-refractivity contribution in [2.24, 2.45) is 17.4 Å². The number of amides is 2. The Bertz CT molecular complexity index is 712. The maximum Gasteiger partial charge on any atom is 0.243 e. The van der Waals surface area contributed by atoms with Crippen molar-refractivity contribution in [3.63, 3.8) is 0 Å². The first kappa shape index (κ1) is 20.3. The summed E-state index contributed by atoms with van der Waals surface area (Å²) in [4.78, 5) is 26.8. The second-order valence-corrected chi connectivity index (χ2v) is 8.01. The van der Waals surface area contributed by atoms with E-state index >= 15 is 0 Å². The molecular weight excluding hydrogens is 354 g/mol. The van der Waals surface area contributed by atoms with Crippen LogP contribution in [0.1, 0.15) is 56.1 Å². The molecule has 3 rings (SSSR count). The van der Waals surface area contributed by atoms with E-state index in [1.165, 1.54) is 19.3 Å². The number of carbonyl (C=O) groups is 2. The van der Waals surface area contributed by atoms with Crippen LogP contribution in [0.4, 0.5) is 0 Å². The van der Waals surface area contributed by atoms with E-state index in [0.717, 1.165) is 24.8 Å². The summed E-state index contributed by atoms with van der Waals surface area (Å²) in [6.45, 7) is 0.978. The molecule has 1 saturated heterocycles. The minimum Gasteiger partial charge on any atom is -0.384 e. The zero-order valence-corrected chi connectivity index (χ0v) is 16.3. The topological polar surface area (TPSA) is 125 Å². The van der Waals surface area contributed by atoms with Gasteiger partial charge >= 0.3 is 0 Å². The highest BCUT2D eigenvalue weighted by Gasteiger charge is 2.39. The number of nitrogens with one attached hydrogen (secondary N) is 2. The SMILES string of the molecule is N=C(N)c1ccc(CNC(=O)[C@@H]2CCN2C(=O)[C@H](N)CC2CCCCC2)cc1. The lowest BCUT2D eigenvalue weighted by Gasteiger charge is -2.41. The van der Waals surface area contributed by atoms with Crippen molar-refractivity contribution in [2.45, 2.75) is 63.6 Å². The number of nitrogens with two attached hydrogens (primary N) is 2. The number of carbonyl (C=O) groups excluding carboxylic acids is 2. The fourth-order valence-electron chi connectivity index (χ4n) is 4.13. The standard InChI is InChI=1S/C21H31N5O2/c22-17(12-14-4-2-1-3-5-14)21(28)26-11-10-18(26)20(27)25-13-15-6-8-16(9-7-15)19(23)24/h6-9,14,17-18H,1-5,10-13,22H2,(H3,23,24)(H,25,27)/t17-,18+/m1/s1. The minimum absolute atomic E-state index is 0.0174. The first-order valence-corrected chi connectivity index (χ1v) is 10.2. The number of nitrogens with zero attached hydrogens (tertiary/aromatic N) is 1. The molecule has 152 valence electrons. The highest BCUT2D eigenvalue weighted by molar-refractivity contribution is 5.95. The van der Waals surface area contributed by atoms with Gasteiger partial charge in [0.15, 0.2) is 0 Å². The molecule has 7 heteroatoms. The van der Waals surface area contributed by atoms with Gasteiger partial charge in [-0.05, 0) is 24.3 Å². The van der Waals surface area contributed by atoms with Gasteiger partial charge in [-0.2, -0.15) is 0 Å². The summed E-state index contributed by atoms with van der Waals surface area (Å²) in [5.74, 6) is 0.325.